The number of nitrogens with zero attached hydrogens (tertiary/aromatic N) is 3. The third-order valence-electron chi connectivity index (χ3n) is 4.15. The Bertz CT molecular complexity index is 517. The molecule has 5 heteroatoms. The maximum atomic E-state index is 12.6. The monoisotopic (exact) mass is 279 g/mol. The molecule has 4 nitrogen and oxygen atoms in total. The van der Waals surface area contributed by atoms with Gasteiger partial charge in [-0.25, -0.2) is 9.97 Å². The first-order valence-corrected chi connectivity index (χ1v) is 7.27. The van der Waals surface area contributed by atoms with Gasteiger partial charge in [-0.3, -0.25) is 4.79 Å². The van der Waals surface area contributed by atoms with E-state index in [1.807, 2.05) is 18.7 Å². The SMILES string of the molecule is CC(C)c1ncc(Cl)c(C(=O)N2CC3CCC2C3)n1. The van der Waals surface area contributed by atoms with Crippen molar-refractivity contribution >= 4 is 17.5 Å². The molecule has 3 rings (SSSR count). The fraction of sp³-hybridized carbons (Fsp3) is 0.643. The molecule has 0 spiro atoms. The van der Waals surface area contributed by atoms with Gasteiger partial charge in [-0.05, 0) is 25.2 Å². The van der Waals surface area contributed by atoms with Crippen molar-refractivity contribution in [2.24, 2.45) is 5.92 Å². The fourth-order valence-electron chi connectivity index (χ4n) is 3.12. The molecule has 1 amide bonds. The highest BCUT2D eigenvalue weighted by Gasteiger charge is 2.41. The maximum absolute atomic E-state index is 12.6. The van der Waals surface area contributed by atoms with E-state index in [0.29, 0.717) is 28.5 Å². The van der Waals surface area contributed by atoms with Crippen LogP contribution in [0.1, 0.15) is 55.3 Å². The maximum Gasteiger partial charge on any atom is 0.274 e. The van der Waals surface area contributed by atoms with Crippen molar-refractivity contribution in [2.45, 2.75) is 45.1 Å². The Hall–Kier alpha value is -1.16. The number of likely N-dealkylation sites (tertiary alicyclic amines) is 1. The van der Waals surface area contributed by atoms with Crippen molar-refractivity contribution in [1.29, 1.82) is 0 Å². The van der Waals surface area contributed by atoms with Crippen LogP contribution < -0.4 is 0 Å². The smallest absolute Gasteiger partial charge is 0.274 e. The van der Waals surface area contributed by atoms with E-state index in [1.165, 1.54) is 6.42 Å². The van der Waals surface area contributed by atoms with E-state index >= 15 is 0 Å². The van der Waals surface area contributed by atoms with Gasteiger partial charge in [0, 0.05) is 18.5 Å². The average molecular weight is 280 g/mol. The minimum Gasteiger partial charge on any atom is -0.334 e. The molecule has 1 aliphatic carbocycles. The van der Waals surface area contributed by atoms with Crippen molar-refractivity contribution in [3.63, 3.8) is 0 Å². The summed E-state index contributed by atoms with van der Waals surface area (Å²) < 4.78 is 0. The first kappa shape index (κ1) is 12.9. The summed E-state index contributed by atoms with van der Waals surface area (Å²) in [7, 11) is 0. The Kier molecular flexibility index (Phi) is 3.21. The minimum atomic E-state index is -0.0264. The van der Waals surface area contributed by atoms with E-state index in [-0.39, 0.29) is 11.8 Å². The lowest BCUT2D eigenvalue weighted by molar-refractivity contribution is 0.0697. The first-order chi connectivity index (χ1) is 9.06. The Labute approximate surface area is 118 Å². The minimum absolute atomic E-state index is 0.0264. The molecule has 0 radical (unpaired) electrons. The zero-order valence-electron chi connectivity index (χ0n) is 11.3. The van der Waals surface area contributed by atoms with Crippen LogP contribution in [0.25, 0.3) is 0 Å². The summed E-state index contributed by atoms with van der Waals surface area (Å²) >= 11 is 6.10. The van der Waals surface area contributed by atoms with E-state index in [0.717, 1.165) is 19.4 Å². The molecular weight excluding hydrogens is 262 g/mol. The summed E-state index contributed by atoms with van der Waals surface area (Å²) in [6.45, 7) is 4.88. The molecule has 2 heterocycles. The van der Waals surface area contributed by atoms with Gasteiger partial charge in [0.25, 0.3) is 5.91 Å². The molecule has 1 saturated carbocycles. The lowest BCUT2D eigenvalue weighted by atomic mass is 10.1. The molecule has 2 aliphatic rings. The van der Waals surface area contributed by atoms with Crippen LogP contribution in [0.4, 0.5) is 0 Å². The van der Waals surface area contributed by atoms with Gasteiger partial charge in [-0.1, -0.05) is 25.4 Å². The van der Waals surface area contributed by atoms with Gasteiger partial charge < -0.3 is 4.90 Å². The molecule has 1 saturated heterocycles. The largest absolute Gasteiger partial charge is 0.334 e. The second kappa shape index (κ2) is 4.75. The van der Waals surface area contributed by atoms with Gasteiger partial charge >= 0.3 is 0 Å². The lowest BCUT2D eigenvalue weighted by Gasteiger charge is -2.27. The van der Waals surface area contributed by atoms with Crippen LogP contribution in [-0.2, 0) is 0 Å². The van der Waals surface area contributed by atoms with Crippen molar-refractivity contribution in [2.75, 3.05) is 6.54 Å². The number of piperidine rings is 1. The second-order valence-corrected chi connectivity index (χ2v) is 6.28. The highest BCUT2D eigenvalue weighted by atomic mass is 35.5. The van der Waals surface area contributed by atoms with Crippen molar-refractivity contribution in [1.82, 2.24) is 14.9 Å². The van der Waals surface area contributed by atoms with Gasteiger partial charge in [-0.15, -0.1) is 0 Å². The van der Waals surface area contributed by atoms with Crippen LogP contribution in [0.5, 0.6) is 0 Å². The molecule has 0 N–H and O–H groups in total. The van der Waals surface area contributed by atoms with Crippen molar-refractivity contribution in [3.05, 3.63) is 22.7 Å². The molecule has 102 valence electrons. The summed E-state index contributed by atoms with van der Waals surface area (Å²) in [5.41, 5.74) is 0.368. The van der Waals surface area contributed by atoms with E-state index in [2.05, 4.69) is 9.97 Å². The van der Waals surface area contributed by atoms with Crippen LogP contribution in [-0.4, -0.2) is 33.4 Å². The quantitative estimate of drug-likeness (QED) is 0.836. The Balaban J connectivity index is 1.89. The number of hydrogen-bond donors (Lipinski definition) is 0. The summed E-state index contributed by atoms with van der Waals surface area (Å²) in [6, 6.07) is 0.394. The fourth-order valence-corrected chi connectivity index (χ4v) is 3.29. The normalized spacial score (nSPS) is 25.4. The van der Waals surface area contributed by atoms with Crippen molar-refractivity contribution in [3.8, 4) is 0 Å². The van der Waals surface area contributed by atoms with Crippen molar-refractivity contribution < 1.29 is 4.79 Å². The standard InChI is InChI=1S/C14H18ClN3O/c1-8(2)13-16-6-11(15)12(17-13)14(19)18-7-9-3-4-10(18)5-9/h6,8-10H,3-5,7H2,1-2H3. The third-order valence-corrected chi connectivity index (χ3v) is 4.43. The van der Waals surface area contributed by atoms with E-state index in [1.54, 1.807) is 6.20 Å². The summed E-state index contributed by atoms with van der Waals surface area (Å²) in [4.78, 5) is 23.1. The summed E-state index contributed by atoms with van der Waals surface area (Å²) in [6.07, 6.45) is 5.07. The summed E-state index contributed by atoms with van der Waals surface area (Å²) in [5, 5.41) is 0.358. The van der Waals surface area contributed by atoms with E-state index in [4.69, 9.17) is 11.6 Å². The second-order valence-electron chi connectivity index (χ2n) is 5.87. The average Bonchev–Trinajstić information content (AvgIpc) is 3.00. The molecular formula is C14H18ClN3O. The molecule has 2 fully saturated rings. The molecule has 1 aromatic heterocycles. The van der Waals surface area contributed by atoms with E-state index in [9.17, 15) is 4.79 Å². The number of aromatic nitrogens is 2. The van der Waals surface area contributed by atoms with Gasteiger partial charge in [0.1, 0.15) is 5.82 Å². The molecule has 0 aromatic carbocycles. The number of carbonyl (C=O) groups is 1. The number of halogens is 1. The van der Waals surface area contributed by atoms with E-state index < -0.39 is 0 Å². The van der Waals surface area contributed by atoms with Gasteiger partial charge in [-0.2, -0.15) is 0 Å². The molecule has 1 aliphatic heterocycles. The molecule has 2 bridgehead atoms. The zero-order valence-corrected chi connectivity index (χ0v) is 12.0. The first-order valence-electron chi connectivity index (χ1n) is 6.89. The Morgan fingerprint density at radius 2 is 2.26 bits per heavy atom. The Morgan fingerprint density at radius 1 is 1.47 bits per heavy atom. The summed E-state index contributed by atoms with van der Waals surface area (Å²) in [5.74, 6) is 1.52. The highest BCUT2D eigenvalue weighted by molar-refractivity contribution is 6.33. The predicted molar refractivity (Wildman–Crippen MR) is 73.3 cm³/mol. The van der Waals surface area contributed by atoms with Crippen LogP contribution in [0.3, 0.4) is 0 Å². The van der Waals surface area contributed by atoms with Crippen LogP contribution in [0, 0.1) is 5.92 Å². The Morgan fingerprint density at radius 3 is 2.84 bits per heavy atom. The van der Waals surface area contributed by atoms with Gasteiger partial charge in [0.15, 0.2) is 5.69 Å². The number of amides is 1. The number of carbonyl (C=O) groups excluding carboxylic acids is 1. The van der Waals surface area contributed by atoms with Gasteiger partial charge in [0.2, 0.25) is 0 Å². The van der Waals surface area contributed by atoms with Crippen LogP contribution >= 0.6 is 11.6 Å². The topological polar surface area (TPSA) is 46.1 Å². The number of rotatable bonds is 2. The zero-order chi connectivity index (χ0) is 13.6. The molecule has 2 unspecified atom stereocenters. The molecule has 1 aromatic rings. The van der Waals surface area contributed by atoms with Crippen LogP contribution in [0.2, 0.25) is 5.02 Å². The number of hydrogen-bond acceptors (Lipinski definition) is 3. The molecule has 19 heavy (non-hydrogen) atoms. The lowest BCUT2D eigenvalue weighted by Crippen LogP contribution is -2.38. The highest BCUT2D eigenvalue weighted by Crippen LogP contribution is 2.38. The number of fused-ring (bicyclic) bond motifs is 2. The van der Waals surface area contributed by atoms with Gasteiger partial charge in [0.05, 0.1) is 11.2 Å². The predicted octanol–water partition coefficient (Wildman–Crippen LogP) is 2.88. The molecule has 2 atom stereocenters. The van der Waals surface area contributed by atoms with Crippen LogP contribution in [0.15, 0.2) is 6.20 Å². The third kappa shape index (κ3) is 2.22.